The average molecular weight is 484 g/mol. The molecule has 12 heteroatoms. The van der Waals surface area contributed by atoms with Crippen LogP contribution in [0.2, 0.25) is 0 Å². The number of aliphatic carboxylic acids is 1. The summed E-state index contributed by atoms with van der Waals surface area (Å²) in [5.74, 6) is -1.31. The third-order valence-electron chi connectivity index (χ3n) is 5.90. The van der Waals surface area contributed by atoms with E-state index in [1.165, 1.54) is 0 Å². The number of likely N-dealkylation sites (tertiary alicyclic amines) is 1. The van der Waals surface area contributed by atoms with Crippen LogP contribution >= 0.6 is 0 Å². The van der Waals surface area contributed by atoms with Gasteiger partial charge in [0.05, 0.1) is 19.8 Å². The van der Waals surface area contributed by atoms with E-state index >= 15 is 0 Å². The summed E-state index contributed by atoms with van der Waals surface area (Å²) in [6, 6.07) is 7.71. The number of carboxylic acid groups (broad SMARTS) is 1. The molecule has 0 radical (unpaired) electrons. The number of hydrogen-bond donors (Lipinski definition) is 2. The Bertz CT molecular complexity index is 997. The zero-order valence-corrected chi connectivity index (χ0v) is 18.8. The molecule has 2 fully saturated rings. The number of hydrogen-bond acceptors (Lipinski definition) is 6. The maximum absolute atomic E-state index is 12.3. The van der Waals surface area contributed by atoms with Crippen molar-refractivity contribution in [3.8, 4) is 5.88 Å². The Labute approximate surface area is 194 Å². The number of ether oxygens (including phenoxy) is 2. The first kappa shape index (κ1) is 25.5. The van der Waals surface area contributed by atoms with Crippen LogP contribution < -0.4 is 10.1 Å². The van der Waals surface area contributed by atoms with E-state index in [2.05, 4.69) is 21.3 Å². The van der Waals surface area contributed by atoms with Crippen LogP contribution in [0.5, 0.6) is 5.88 Å². The fourth-order valence-electron chi connectivity index (χ4n) is 4.20. The lowest BCUT2D eigenvalue weighted by atomic mass is 9.93. The Balaban J connectivity index is 0.000000406. The predicted molar refractivity (Wildman–Crippen MR) is 114 cm³/mol. The van der Waals surface area contributed by atoms with E-state index in [1.807, 2.05) is 36.0 Å². The number of carbonyl (C=O) groups excluding carboxylic acids is 1. The number of amides is 1. The first-order valence-corrected chi connectivity index (χ1v) is 10.6. The summed E-state index contributed by atoms with van der Waals surface area (Å²) in [6.45, 7) is 4.04. The summed E-state index contributed by atoms with van der Waals surface area (Å²) in [5, 5.41) is 10.2. The fraction of sp³-hybridized carbons (Fsp3) is 0.500. The Morgan fingerprint density at radius 1 is 1.29 bits per heavy atom. The van der Waals surface area contributed by atoms with E-state index in [0.29, 0.717) is 36.6 Å². The van der Waals surface area contributed by atoms with Crippen molar-refractivity contribution >= 4 is 11.9 Å². The Hall–Kier alpha value is -3.12. The molecule has 0 aromatic carbocycles. The normalized spacial score (nSPS) is 22.0. The summed E-state index contributed by atoms with van der Waals surface area (Å²) in [4.78, 5) is 27.9. The van der Waals surface area contributed by atoms with Crippen LogP contribution in [0.15, 0.2) is 36.7 Å². The molecule has 0 saturated carbocycles. The van der Waals surface area contributed by atoms with Gasteiger partial charge in [0, 0.05) is 63.0 Å². The molecule has 2 aromatic heterocycles. The van der Waals surface area contributed by atoms with Crippen LogP contribution in [0.4, 0.5) is 13.2 Å². The van der Waals surface area contributed by atoms with E-state index in [9.17, 15) is 18.0 Å². The maximum atomic E-state index is 12.3. The number of nitrogens with one attached hydrogen (secondary N) is 1. The quantitative estimate of drug-likeness (QED) is 0.646. The van der Waals surface area contributed by atoms with E-state index in [1.54, 1.807) is 13.3 Å². The highest BCUT2D eigenvalue weighted by molar-refractivity contribution is 5.92. The molecule has 2 N–H and O–H groups in total. The van der Waals surface area contributed by atoms with Gasteiger partial charge in [0.1, 0.15) is 5.69 Å². The number of nitrogens with zero attached hydrogens (tertiary/aromatic N) is 3. The maximum Gasteiger partial charge on any atom is 0.490 e. The van der Waals surface area contributed by atoms with Gasteiger partial charge in [-0.05, 0) is 18.2 Å². The average Bonchev–Trinajstić information content (AvgIpc) is 3.48. The van der Waals surface area contributed by atoms with Gasteiger partial charge in [-0.1, -0.05) is 6.07 Å². The molecule has 4 heterocycles. The van der Waals surface area contributed by atoms with Gasteiger partial charge in [0.25, 0.3) is 5.91 Å². The number of aromatic nitrogens is 2. The molecule has 0 aliphatic carbocycles. The second kappa shape index (κ2) is 10.9. The summed E-state index contributed by atoms with van der Waals surface area (Å²) in [6.07, 6.45) is -1.22. The summed E-state index contributed by atoms with van der Waals surface area (Å²) in [5.41, 5.74) is 1.77. The number of methoxy groups -OCH3 is 1. The minimum atomic E-state index is -5.08. The molecular formula is C22H27F3N4O5. The standard InChI is InChI=1S/C20H26N4O3.C2HF3O2/c1-23-8-4-6-17(23)19(25)22-9-15-13-27-18-12-24(11-16(15)18)10-14-5-3-7-21-20(14)26-2;3-2(4,5)1(6)7/h3-8,15-16,18H,9-13H2,1-2H3,(H,22,25);(H,6,7)/t15-,16-,18-;/m1./s1. The van der Waals surface area contributed by atoms with E-state index in [4.69, 9.17) is 19.4 Å². The molecule has 0 spiro atoms. The molecular weight excluding hydrogens is 457 g/mol. The Kier molecular flexibility index (Phi) is 8.15. The number of fused-ring (bicyclic) bond motifs is 1. The number of alkyl halides is 3. The van der Waals surface area contributed by atoms with Gasteiger partial charge in [0.2, 0.25) is 5.88 Å². The largest absolute Gasteiger partial charge is 0.490 e. The first-order chi connectivity index (χ1) is 16.1. The molecule has 3 atom stereocenters. The highest BCUT2D eigenvalue weighted by Crippen LogP contribution is 2.34. The Morgan fingerprint density at radius 3 is 2.65 bits per heavy atom. The minimum Gasteiger partial charge on any atom is -0.481 e. The highest BCUT2D eigenvalue weighted by Gasteiger charge is 2.43. The van der Waals surface area contributed by atoms with Crippen LogP contribution in [0.1, 0.15) is 16.1 Å². The van der Waals surface area contributed by atoms with Crippen molar-refractivity contribution in [2.45, 2.75) is 18.8 Å². The summed E-state index contributed by atoms with van der Waals surface area (Å²) >= 11 is 0. The lowest BCUT2D eigenvalue weighted by Crippen LogP contribution is -2.34. The molecule has 9 nitrogen and oxygen atoms in total. The van der Waals surface area contributed by atoms with Crippen LogP contribution in [0.3, 0.4) is 0 Å². The monoisotopic (exact) mass is 484 g/mol. The zero-order valence-electron chi connectivity index (χ0n) is 18.8. The van der Waals surface area contributed by atoms with Crippen molar-refractivity contribution in [2.75, 3.05) is 33.4 Å². The number of rotatable bonds is 6. The summed E-state index contributed by atoms with van der Waals surface area (Å²) in [7, 11) is 3.53. The molecule has 4 rings (SSSR count). The van der Waals surface area contributed by atoms with Gasteiger partial charge in [-0.2, -0.15) is 13.2 Å². The molecule has 2 aliphatic heterocycles. The van der Waals surface area contributed by atoms with Gasteiger partial charge in [-0.3, -0.25) is 9.69 Å². The molecule has 1 amide bonds. The Morgan fingerprint density at radius 2 is 2.03 bits per heavy atom. The van der Waals surface area contributed by atoms with E-state index < -0.39 is 12.1 Å². The predicted octanol–water partition coefficient (Wildman–Crippen LogP) is 1.94. The van der Waals surface area contributed by atoms with Crippen molar-refractivity contribution in [1.82, 2.24) is 19.8 Å². The van der Waals surface area contributed by atoms with Crippen LogP contribution in [0.25, 0.3) is 0 Å². The topological polar surface area (TPSA) is 106 Å². The molecule has 2 aliphatic rings. The number of carboxylic acids is 1. The highest BCUT2D eigenvalue weighted by atomic mass is 19.4. The zero-order chi connectivity index (χ0) is 24.9. The van der Waals surface area contributed by atoms with Crippen molar-refractivity contribution in [3.05, 3.63) is 47.9 Å². The third-order valence-corrected chi connectivity index (χ3v) is 5.90. The number of carbonyl (C=O) groups is 2. The second-order valence-electron chi connectivity index (χ2n) is 8.18. The van der Waals surface area contributed by atoms with Gasteiger partial charge in [-0.25, -0.2) is 9.78 Å². The van der Waals surface area contributed by atoms with Gasteiger partial charge in [0.15, 0.2) is 0 Å². The SMILES string of the molecule is COc1ncccc1CN1C[C@@H]2[C@H](CNC(=O)c3cccn3C)CO[C@@H]2C1.O=C(O)C(F)(F)F. The lowest BCUT2D eigenvalue weighted by Gasteiger charge is -2.20. The molecule has 2 aromatic rings. The first-order valence-electron chi connectivity index (χ1n) is 10.6. The third kappa shape index (κ3) is 6.26. The molecule has 34 heavy (non-hydrogen) atoms. The van der Waals surface area contributed by atoms with Gasteiger partial charge < -0.3 is 24.5 Å². The number of aryl methyl sites for hydroxylation is 1. The van der Waals surface area contributed by atoms with Crippen molar-refractivity contribution in [2.24, 2.45) is 18.9 Å². The van der Waals surface area contributed by atoms with Crippen molar-refractivity contribution in [1.29, 1.82) is 0 Å². The number of pyridine rings is 1. The van der Waals surface area contributed by atoms with E-state index in [0.717, 1.165) is 25.2 Å². The molecule has 0 unspecified atom stereocenters. The molecule has 186 valence electrons. The van der Waals surface area contributed by atoms with Crippen LogP contribution in [-0.2, 0) is 23.1 Å². The lowest BCUT2D eigenvalue weighted by molar-refractivity contribution is -0.192. The van der Waals surface area contributed by atoms with Gasteiger partial charge in [-0.15, -0.1) is 0 Å². The molecule has 2 saturated heterocycles. The second-order valence-corrected chi connectivity index (χ2v) is 8.18. The van der Waals surface area contributed by atoms with Gasteiger partial charge >= 0.3 is 12.1 Å². The smallest absolute Gasteiger partial charge is 0.481 e. The summed E-state index contributed by atoms with van der Waals surface area (Å²) < 4.78 is 44.9. The number of halogens is 3. The van der Waals surface area contributed by atoms with Crippen molar-refractivity contribution in [3.63, 3.8) is 0 Å². The molecule has 0 bridgehead atoms. The minimum absolute atomic E-state index is 0.0269. The van der Waals surface area contributed by atoms with Crippen LogP contribution in [-0.4, -0.2) is 77.1 Å². The fourth-order valence-corrected chi connectivity index (χ4v) is 4.20. The van der Waals surface area contributed by atoms with Crippen molar-refractivity contribution < 1.29 is 37.3 Å². The van der Waals surface area contributed by atoms with E-state index in [-0.39, 0.29) is 12.0 Å². The van der Waals surface area contributed by atoms with Crippen LogP contribution in [0, 0.1) is 11.8 Å².